The molecule has 4 heteroatoms. The molecule has 0 aromatic heterocycles. The van der Waals surface area contributed by atoms with Gasteiger partial charge < -0.3 is 5.11 Å². The fourth-order valence-corrected chi connectivity index (χ4v) is 1.31. The van der Waals surface area contributed by atoms with E-state index in [1.165, 1.54) is 12.1 Å². The Bertz CT molecular complexity index is 550. The van der Waals surface area contributed by atoms with Crippen molar-refractivity contribution in [2.24, 2.45) is 10.2 Å². The molecule has 0 fully saturated rings. The first-order valence-corrected chi connectivity index (χ1v) is 5.06. The number of azo groups is 1. The fraction of sp³-hybridized carbons (Fsp3) is 0. The van der Waals surface area contributed by atoms with Gasteiger partial charge in [0, 0.05) is 0 Å². The van der Waals surface area contributed by atoms with Gasteiger partial charge in [0.15, 0.2) is 0 Å². The molecule has 0 unspecified atom stereocenters. The Labute approximate surface area is 98.3 Å². The van der Waals surface area contributed by atoms with E-state index in [0.29, 0.717) is 5.69 Å². The maximum atomic E-state index is 10.8. The molecule has 0 saturated heterocycles. The number of hydrogen-bond donors (Lipinski definition) is 1. The molecule has 0 spiro atoms. The van der Waals surface area contributed by atoms with Gasteiger partial charge in [-0.1, -0.05) is 24.3 Å². The van der Waals surface area contributed by atoms with Gasteiger partial charge >= 0.3 is 5.97 Å². The van der Waals surface area contributed by atoms with Gasteiger partial charge in [0.25, 0.3) is 0 Å². The number of rotatable bonds is 3. The molecule has 0 aliphatic carbocycles. The van der Waals surface area contributed by atoms with Crippen LogP contribution in [0.1, 0.15) is 10.4 Å². The van der Waals surface area contributed by atoms with Crippen LogP contribution in [0.25, 0.3) is 0 Å². The summed E-state index contributed by atoms with van der Waals surface area (Å²) in [6.07, 6.45) is 0. The first kappa shape index (κ1) is 11.0. The van der Waals surface area contributed by atoms with Gasteiger partial charge in [-0.25, -0.2) is 4.79 Å². The Morgan fingerprint density at radius 1 is 0.882 bits per heavy atom. The number of nitrogens with zero attached hydrogens (tertiary/aromatic N) is 2. The van der Waals surface area contributed by atoms with Crippen LogP contribution in [0.2, 0.25) is 0 Å². The number of benzene rings is 2. The Balaban J connectivity index is 2.22. The zero-order valence-corrected chi connectivity index (χ0v) is 8.95. The Hall–Kier alpha value is -2.49. The van der Waals surface area contributed by atoms with E-state index < -0.39 is 5.97 Å². The van der Waals surface area contributed by atoms with E-state index in [0.717, 1.165) is 5.69 Å². The minimum Gasteiger partial charge on any atom is -0.478 e. The second-order valence-electron chi connectivity index (χ2n) is 3.39. The summed E-state index contributed by atoms with van der Waals surface area (Å²) < 4.78 is 0. The molecule has 0 radical (unpaired) electrons. The van der Waals surface area contributed by atoms with Crippen LogP contribution in [0.5, 0.6) is 0 Å². The normalized spacial score (nSPS) is 10.6. The number of carbonyl (C=O) groups is 1. The lowest BCUT2D eigenvalue weighted by Gasteiger charge is -1.95. The molecule has 4 nitrogen and oxygen atoms in total. The number of hydrogen-bond acceptors (Lipinski definition) is 3. The van der Waals surface area contributed by atoms with Crippen LogP contribution in [-0.2, 0) is 0 Å². The highest BCUT2D eigenvalue weighted by Gasteiger charge is 2.01. The van der Waals surface area contributed by atoms with E-state index in [9.17, 15) is 4.79 Å². The van der Waals surface area contributed by atoms with Crippen molar-refractivity contribution in [2.75, 3.05) is 0 Å². The van der Waals surface area contributed by atoms with E-state index in [-0.39, 0.29) is 5.56 Å². The van der Waals surface area contributed by atoms with Crippen LogP contribution in [0.4, 0.5) is 11.4 Å². The summed E-state index contributed by atoms with van der Waals surface area (Å²) in [6, 6.07) is 15.6. The zero-order chi connectivity index (χ0) is 12.1. The van der Waals surface area contributed by atoms with Gasteiger partial charge in [0.1, 0.15) is 0 Å². The molecule has 2 aromatic carbocycles. The summed E-state index contributed by atoms with van der Waals surface area (Å²) in [7, 11) is 0. The maximum absolute atomic E-state index is 10.8. The summed E-state index contributed by atoms with van der Waals surface area (Å²) in [4.78, 5) is 10.8. The van der Waals surface area contributed by atoms with Crippen molar-refractivity contribution in [1.82, 2.24) is 0 Å². The quantitative estimate of drug-likeness (QED) is 0.809. The smallest absolute Gasteiger partial charge is 0.335 e. The molecular formula is C13H10N2O2. The van der Waals surface area contributed by atoms with E-state index in [2.05, 4.69) is 10.2 Å². The second-order valence-corrected chi connectivity index (χ2v) is 3.39. The minimum absolute atomic E-state index is 0.203. The maximum Gasteiger partial charge on any atom is 0.335 e. The summed E-state index contributed by atoms with van der Waals surface area (Å²) >= 11 is 0. The summed E-state index contributed by atoms with van der Waals surface area (Å²) in [5, 5.41) is 16.8. The molecule has 0 atom stereocenters. The number of carboxylic acid groups (broad SMARTS) is 1. The van der Waals surface area contributed by atoms with Crippen LogP contribution < -0.4 is 0 Å². The van der Waals surface area contributed by atoms with E-state index in [1.54, 1.807) is 12.1 Å². The van der Waals surface area contributed by atoms with E-state index in [1.807, 2.05) is 30.3 Å². The molecule has 0 heterocycles. The Morgan fingerprint density at radius 2 is 1.53 bits per heavy atom. The van der Waals surface area contributed by atoms with E-state index >= 15 is 0 Å². The van der Waals surface area contributed by atoms with Crippen molar-refractivity contribution in [3.8, 4) is 0 Å². The Kier molecular flexibility index (Phi) is 3.25. The molecule has 0 amide bonds. The number of carboxylic acids is 1. The zero-order valence-electron chi connectivity index (χ0n) is 8.95. The lowest BCUT2D eigenvalue weighted by molar-refractivity contribution is 0.0697. The Morgan fingerprint density at radius 3 is 2.24 bits per heavy atom. The standard InChI is InChI=1S/C13H10N2O2/c16-13(17)10-5-4-8-12(9-10)15-14-11-6-2-1-3-7-11/h1-9H,(H,16,17). The summed E-state index contributed by atoms with van der Waals surface area (Å²) in [6.45, 7) is 0. The largest absolute Gasteiger partial charge is 0.478 e. The van der Waals surface area contributed by atoms with Crippen molar-refractivity contribution in [2.45, 2.75) is 0 Å². The lowest BCUT2D eigenvalue weighted by Crippen LogP contribution is -1.94. The first-order valence-electron chi connectivity index (χ1n) is 5.06. The molecule has 0 saturated carbocycles. The predicted molar refractivity (Wildman–Crippen MR) is 64.0 cm³/mol. The molecule has 0 aliphatic rings. The summed E-state index contributed by atoms with van der Waals surface area (Å²) in [5.74, 6) is -0.971. The third-order valence-electron chi connectivity index (χ3n) is 2.13. The highest BCUT2D eigenvalue weighted by Crippen LogP contribution is 2.18. The van der Waals surface area contributed by atoms with Crippen molar-refractivity contribution in [3.05, 3.63) is 60.2 Å². The van der Waals surface area contributed by atoms with Gasteiger partial charge in [-0.05, 0) is 30.3 Å². The van der Waals surface area contributed by atoms with Gasteiger partial charge in [-0.15, -0.1) is 0 Å². The van der Waals surface area contributed by atoms with Crippen LogP contribution in [0.3, 0.4) is 0 Å². The highest BCUT2D eigenvalue weighted by atomic mass is 16.4. The third-order valence-corrected chi connectivity index (χ3v) is 2.13. The van der Waals surface area contributed by atoms with Crippen molar-refractivity contribution in [1.29, 1.82) is 0 Å². The molecule has 1 N–H and O–H groups in total. The molecule has 2 rings (SSSR count). The molecule has 0 aliphatic heterocycles. The van der Waals surface area contributed by atoms with Gasteiger partial charge in [-0.2, -0.15) is 10.2 Å². The monoisotopic (exact) mass is 226 g/mol. The van der Waals surface area contributed by atoms with E-state index in [4.69, 9.17) is 5.11 Å². The highest BCUT2D eigenvalue weighted by molar-refractivity contribution is 5.88. The van der Waals surface area contributed by atoms with Gasteiger partial charge in [0.2, 0.25) is 0 Å². The van der Waals surface area contributed by atoms with Crippen molar-refractivity contribution >= 4 is 17.3 Å². The lowest BCUT2D eigenvalue weighted by atomic mass is 10.2. The summed E-state index contributed by atoms with van der Waals surface area (Å²) in [5.41, 5.74) is 1.46. The van der Waals surface area contributed by atoms with Crippen molar-refractivity contribution in [3.63, 3.8) is 0 Å². The van der Waals surface area contributed by atoms with Crippen LogP contribution in [0, 0.1) is 0 Å². The van der Waals surface area contributed by atoms with Crippen LogP contribution >= 0.6 is 0 Å². The molecule has 84 valence electrons. The van der Waals surface area contributed by atoms with Crippen LogP contribution in [0.15, 0.2) is 64.8 Å². The van der Waals surface area contributed by atoms with Gasteiger partial charge in [0.05, 0.1) is 16.9 Å². The fourth-order valence-electron chi connectivity index (χ4n) is 1.31. The molecule has 2 aromatic rings. The average molecular weight is 226 g/mol. The van der Waals surface area contributed by atoms with Crippen LogP contribution in [-0.4, -0.2) is 11.1 Å². The molecular weight excluding hydrogens is 216 g/mol. The SMILES string of the molecule is O=C(O)c1cccc(N=Nc2ccccc2)c1. The van der Waals surface area contributed by atoms with Gasteiger partial charge in [-0.3, -0.25) is 0 Å². The first-order chi connectivity index (χ1) is 8.25. The second kappa shape index (κ2) is 5.03. The predicted octanol–water partition coefficient (Wildman–Crippen LogP) is 3.80. The molecule has 17 heavy (non-hydrogen) atoms. The molecule has 0 bridgehead atoms. The van der Waals surface area contributed by atoms with Crippen molar-refractivity contribution < 1.29 is 9.90 Å². The average Bonchev–Trinajstić information content (AvgIpc) is 2.38. The topological polar surface area (TPSA) is 62.0 Å². The third kappa shape index (κ3) is 2.98. The number of aromatic carboxylic acids is 1. The minimum atomic E-state index is -0.971.